The summed E-state index contributed by atoms with van der Waals surface area (Å²) >= 11 is 0. The molecule has 0 radical (unpaired) electrons. The van der Waals surface area contributed by atoms with Gasteiger partial charge in [0, 0.05) is 6.42 Å². The summed E-state index contributed by atoms with van der Waals surface area (Å²) in [5.41, 5.74) is 0. The van der Waals surface area contributed by atoms with E-state index < -0.39 is 11.8 Å². The minimum atomic E-state index is -2.68. The van der Waals surface area contributed by atoms with Gasteiger partial charge in [-0.2, -0.15) is 0 Å². The van der Waals surface area contributed by atoms with Crippen molar-refractivity contribution in [2.24, 2.45) is 0 Å². The van der Waals surface area contributed by atoms with Gasteiger partial charge in [0.2, 0.25) is 0 Å². The smallest absolute Gasteiger partial charge is 0.364 e. The monoisotopic (exact) mass is 360 g/mol. The van der Waals surface area contributed by atoms with E-state index in [0.29, 0.717) is 0 Å². The number of allylic oxidation sites excluding steroid dienone is 11. The molecule has 0 saturated carbocycles. The highest BCUT2D eigenvalue weighted by Crippen LogP contribution is 2.07. The van der Waals surface area contributed by atoms with Crippen LogP contribution in [0.5, 0.6) is 0 Å². The van der Waals surface area contributed by atoms with Gasteiger partial charge in [-0.25, -0.2) is 4.79 Å². The Labute approximate surface area is 157 Å². The number of aliphatic hydroxyl groups is 2. The highest BCUT2D eigenvalue weighted by molar-refractivity contribution is 5.75. The molecule has 4 nitrogen and oxygen atoms in total. The van der Waals surface area contributed by atoms with Crippen LogP contribution < -0.4 is 0 Å². The molecular weight excluding hydrogens is 328 g/mol. The molecule has 0 fully saturated rings. The van der Waals surface area contributed by atoms with Crippen LogP contribution in [0.1, 0.15) is 51.9 Å². The number of rotatable bonds is 14. The molecule has 0 unspecified atom stereocenters. The van der Waals surface area contributed by atoms with Crippen molar-refractivity contribution in [3.63, 3.8) is 0 Å². The molecule has 26 heavy (non-hydrogen) atoms. The Morgan fingerprint density at radius 3 is 1.69 bits per heavy atom. The van der Waals surface area contributed by atoms with Crippen LogP contribution in [0.2, 0.25) is 0 Å². The summed E-state index contributed by atoms with van der Waals surface area (Å²) in [5.74, 6) is -4.31. The number of aliphatic carboxylic acids is 1. The minimum Gasteiger partial charge on any atom is -0.477 e. The Kier molecular flexibility index (Phi) is 14.9. The Bertz CT molecular complexity index is 534. The van der Waals surface area contributed by atoms with E-state index in [1.165, 1.54) is 6.08 Å². The van der Waals surface area contributed by atoms with Gasteiger partial charge in [-0.15, -0.1) is 0 Å². The van der Waals surface area contributed by atoms with Crippen molar-refractivity contribution in [3.8, 4) is 0 Å². The van der Waals surface area contributed by atoms with Gasteiger partial charge in [-0.3, -0.25) is 0 Å². The summed E-state index contributed by atoms with van der Waals surface area (Å²) in [5, 5.41) is 26.7. The highest BCUT2D eigenvalue weighted by atomic mass is 16.5. The molecule has 0 bridgehead atoms. The third-order valence-electron chi connectivity index (χ3n) is 3.35. The van der Waals surface area contributed by atoms with Crippen molar-refractivity contribution in [1.82, 2.24) is 0 Å². The molecule has 3 N–H and O–H groups in total. The van der Waals surface area contributed by atoms with Crippen molar-refractivity contribution in [2.75, 3.05) is 0 Å². The lowest BCUT2D eigenvalue weighted by Gasteiger charge is -2.12. The van der Waals surface area contributed by atoms with Crippen LogP contribution in [-0.2, 0) is 4.79 Å². The van der Waals surface area contributed by atoms with E-state index >= 15 is 0 Å². The van der Waals surface area contributed by atoms with Crippen molar-refractivity contribution in [2.45, 2.75) is 57.7 Å². The Morgan fingerprint density at radius 1 is 0.731 bits per heavy atom. The zero-order valence-corrected chi connectivity index (χ0v) is 15.6. The number of carboxylic acids is 1. The molecule has 0 aromatic rings. The first-order valence-corrected chi connectivity index (χ1v) is 9.12. The molecule has 0 saturated heterocycles. The second-order valence-corrected chi connectivity index (χ2v) is 5.78. The van der Waals surface area contributed by atoms with Crippen LogP contribution >= 0.6 is 0 Å². The van der Waals surface area contributed by atoms with Gasteiger partial charge in [0.15, 0.2) is 0 Å². The second-order valence-electron chi connectivity index (χ2n) is 5.78. The van der Waals surface area contributed by atoms with E-state index in [-0.39, 0.29) is 6.42 Å². The minimum absolute atomic E-state index is 0.317. The lowest BCUT2D eigenvalue weighted by atomic mass is 10.1. The number of carboxylic acid groups (broad SMARTS) is 1. The topological polar surface area (TPSA) is 77.8 Å². The van der Waals surface area contributed by atoms with Gasteiger partial charge in [-0.05, 0) is 38.5 Å². The normalized spacial score (nSPS) is 13.7. The van der Waals surface area contributed by atoms with Crippen molar-refractivity contribution < 1.29 is 20.1 Å². The van der Waals surface area contributed by atoms with Gasteiger partial charge >= 0.3 is 5.97 Å². The summed E-state index contributed by atoms with van der Waals surface area (Å²) in [4.78, 5) is 10.5. The van der Waals surface area contributed by atoms with Crippen molar-refractivity contribution >= 4 is 5.97 Å². The molecule has 0 rings (SSSR count). The van der Waals surface area contributed by atoms with Crippen LogP contribution in [-0.4, -0.2) is 27.1 Å². The average Bonchev–Trinajstić information content (AvgIpc) is 2.60. The summed E-state index contributed by atoms with van der Waals surface area (Å²) in [7, 11) is 0. The lowest BCUT2D eigenvalue weighted by Crippen LogP contribution is -2.37. The van der Waals surface area contributed by atoms with Gasteiger partial charge in [0.05, 0.1) is 0 Å². The lowest BCUT2D eigenvalue weighted by molar-refractivity contribution is -0.201. The first-order chi connectivity index (χ1) is 12.5. The van der Waals surface area contributed by atoms with Gasteiger partial charge in [0.25, 0.3) is 5.79 Å². The van der Waals surface area contributed by atoms with E-state index in [2.05, 4.69) is 49.5 Å². The molecule has 0 aliphatic rings. The molecule has 0 aromatic carbocycles. The molecule has 0 spiro atoms. The van der Waals surface area contributed by atoms with Crippen LogP contribution in [0.3, 0.4) is 0 Å². The Balaban J connectivity index is 3.70. The van der Waals surface area contributed by atoms with E-state index in [1.807, 2.05) is 18.2 Å². The third-order valence-corrected chi connectivity index (χ3v) is 3.35. The predicted molar refractivity (Wildman–Crippen MR) is 108 cm³/mol. The number of hydrogen-bond acceptors (Lipinski definition) is 3. The first-order valence-electron chi connectivity index (χ1n) is 9.12. The van der Waals surface area contributed by atoms with Crippen LogP contribution in [0.4, 0.5) is 0 Å². The molecule has 4 heteroatoms. The van der Waals surface area contributed by atoms with Gasteiger partial charge in [-0.1, -0.05) is 79.8 Å². The van der Waals surface area contributed by atoms with E-state index in [0.717, 1.165) is 38.5 Å². The fraction of sp³-hybridized carbons (Fsp3) is 0.409. The zero-order chi connectivity index (χ0) is 19.5. The molecule has 0 aliphatic heterocycles. The van der Waals surface area contributed by atoms with E-state index in [1.54, 1.807) is 6.08 Å². The van der Waals surface area contributed by atoms with Crippen LogP contribution in [0, 0.1) is 0 Å². The number of unbranched alkanes of at least 4 members (excludes halogenated alkanes) is 2. The highest BCUT2D eigenvalue weighted by Gasteiger charge is 2.30. The quantitative estimate of drug-likeness (QED) is 0.179. The van der Waals surface area contributed by atoms with Crippen molar-refractivity contribution in [3.05, 3.63) is 72.9 Å². The maximum Gasteiger partial charge on any atom is 0.364 e. The first kappa shape index (κ1) is 23.8. The number of hydrogen-bond donors (Lipinski definition) is 3. The molecule has 0 atom stereocenters. The standard InChI is InChI=1S/C22H32O4/c1-2-3-4-5-6-7-8-9-10-11-12-13-14-15-16-17-18-19-20-22(25,26)21(23)24/h3-4,7-10,12-15,18-19,25-26H,2,5-6,11,16-17,20H2,1H3,(H,23,24)/b4-3-,8-7+,10-9-,13-12-,15-14+,19-18-. The summed E-state index contributed by atoms with van der Waals surface area (Å²) in [6.45, 7) is 2.14. The third kappa shape index (κ3) is 15.4. The van der Waals surface area contributed by atoms with Crippen molar-refractivity contribution in [1.29, 1.82) is 0 Å². The molecule has 0 aliphatic carbocycles. The van der Waals surface area contributed by atoms with Gasteiger partial charge < -0.3 is 15.3 Å². The molecule has 0 amide bonds. The maximum absolute atomic E-state index is 10.5. The Hall–Kier alpha value is -2.17. The fourth-order valence-electron chi connectivity index (χ4n) is 1.86. The molecule has 0 heterocycles. The second kappa shape index (κ2) is 16.3. The zero-order valence-electron chi connectivity index (χ0n) is 15.6. The molecular formula is C22H32O4. The average molecular weight is 360 g/mol. The van der Waals surface area contributed by atoms with Crippen LogP contribution in [0.25, 0.3) is 0 Å². The largest absolute Gasteiger partial charge is 0.477 e. The summed E-state index contributed by atoms with van der Waals surface area (Å²) in [6.07, 6.45) is 29.4. The van der Waals surface area contributed by atoms with Gasteiger partial charge in [0.1, 0.15) is 0 Å². The predicted octanol–water partition coefficient (Wildman–Crippen LogP) is 4.84. The molecule has 144 valence electrons. The summed E-state index contributed by atoms with van der Waals surface area (Å²) < 4.78 is 0. The van der Waals surface area contributed by atoms with E-state index in [4.69, 9.17) is 15.3 Å². The Morgan fingerprint density at radius 2 is 1.19 bits per heavy atom. The van der Waals surface area contributed by atoms with Crippen LogP contribution in [0.15, 0.2) is 72.9 Å². The number of carbonyl (C=O) groups is 1. The maximum atomic E-state index is 10.5. The van der Waals surface area contributed by atoms with E-state index in [9.17, 15) is 4.79 Å². The fourth-order valence-corrected chi connectivity index (χ4v) is 1.86. The molecule has 0 aromatic heterocycles. The SMILES string of the molecule is CC/C=C\CC/C=C/C=C\C/C=C\C=C\CC/C=C\CC(O)(O)C(=O)O. The summed E-state index contributed by atoms with van der Waals surface area (Å²) in [6, 6.07) is 0.